The molecule has 1 saturated heterocycles. The fourth-order valence-electron chi connectivity index (χ4n) is 2.89. The normalized spacial score (nSPS) is 21.9. The molecule has 6 nitrogen and oxygen atoms in total. The number of fused-ring (bicyclic) bond motifs is 1. The lowest BCUT2D eigenvalue weighted by molar-refractivity contribution is -0.158. The standard InChI is InChI=1S/C16H19N3O3/c1-10-5-4-6-12-14(10)15(18-9-17-12)19-7-11(2)22-13(8-19)16(20)21-3/h4-6,9,11,13H,7-8H2,1-3H3/t11-,13?/m0/s1. The first-order chi connectivity index (χ1) is 10.6. The average Bonchev–Trinajstić information content (AvgIpc) is 2.53. The fourth-order valence-corrected chi connectivity index (χ4v) is 2.89. The molecule has 0 bridgehead atoms. The lowest BCUT2D eigenvalue weighted by Crippen LogP contribution is -2.50. The second-order valence-electron chi connectivity index (χ2n) is 5.53. The van der Waals surface area contributed by atoms with Gasteiger partial charge in [0, 0.05) is 11.9 Å². The summed E-state index contributed by atoms with van der Waals surface area (Å²) in [5.41, 5.74) is 2.01. The Bertz CT molecular complexity index is 699. The number of esters is 1. The topological polar surface area (TPSA) is 64.5 Å². The molecule has 0 saturated carbocycles. The van der Waals surface area contributed by atoms with E-state index in [2.05, 4.69) is 14.9 Å². The third-order valence-corrected chi connectivity index (χ3v) is 3.88. The van der Waals surface area contributed by atoms with Crippen LogP contribution in [-0.4, -0.2) is 48.3 Å². The number of aromatic nitrogens is 2. The minimum absolute atomic E-state index is 0.0770. The van der Waals surface area contributed by atoms with Crippen molar-refractivity contribution in [3.05, 3.63) is 30.1 Å². The monoisotopic (exact) mass is 301 g/mol. The molecule has 0 aliphatic carbocycles. The van der Waals surface area contributed by atoms with E-state index < -0.39 is 6.10 Å². The summed E-state index contributed by atoms with van der Waals surface area (Å²) in [7, 11) is 1.37. The number of ether oxygens (including phenoxy) is 2. The first kappa shape index (κ1) is 14.7. The van der Waals surface area contributed by atoms with E-state index in [9.17, 15) is 4.79 Å². The van der Waals surface area contributed by atoms with Gasteiger partial charge in [0.15, 0.2) is 6.10 Å². The zero-order chi connectivity index (χ0) is 15.7. The third-order valence-electron chi connectivity index (χ3n) is 3.88. The molecule has 1 unspecified atom stereocenters. The summed E-state index contributed by atoms with van der Waals surface area (Å²) in [4.78, 5) is 22.7. The molecular weight excluding hydrogens is 282 g/mol. The number of carbonyl (C=O) groups excluding carboxylic acids is 1. The van der Waals surface area contributed by atoms with Crippen molar-refractivity contribution in [3.63, 3.8) is 0 Å². The van der Waals surface area contributed by atoms with Gasteiger partial charge in [-0.05, 0) is 25.5 Å². The van der Waals surface area contributed by atoms with Crippen molar-refractivity contribution in [2.24, 2.45) is 0 Å². The molecule has 2 heterocycles. The predicted octanol–water partition coefficient (Wildman–Crippen LogP) is 1.70. The highest BCUT2D eigenvalue weighted by molar-refractivity contribution is 5.92. The largest absolute Gasteiger partial charge is 0.467 e. The Morgan fingerprint density at radius 2 is 2.18 bits per heavy atom. The van der Waals surface area contributed by atoms with Crippen LogP contribution in [0, 0.1) is 6.92 Å². The van der Waals surface area contributed by atoms with Crippen LogP contribution in [0.3, 0.4) is 0 Å². The van der Waals surface area contributed by atoms with Crippen molar-refractivity contribution in [1.82, 2.24) is 9.97 Å². The van der Waals surface area contributed by atoms with Gasteiger partial charge >= 0.3 is 5.97 Å². The summed E-state index contributed by atoms with van der Waals surface area (Å²) >= 11 is 0. The molecule has 0 N–H and O–H groups in total. The van der Waals surface area contributed by atoms with E-state index in [0.29, 0.717) is 13.1 Å². The molecule has 0 radical (unpaired) electrons. The highest BCUT2D eigenvalue weighted by atomic mass is 16.6. The second-order valence-corrected chi connectivity index (χ2v) is 5.53. The molecule has 6 heteroatoms. The molecule has 0 spiro atoms. The highest BCUT2D eigenvalue weighted by Crippen LogP contribution is 2.28. The number of rotatable bonds is 2. The Labute approximate surface area is 129 Å². The van der Waals surface area contributed by atoms with Crippen molar-refractivity contribution < 1.29 is 14.3 Å². The third kappa shape index (κ3) is 2.62. The predicted molar refractivity (Wildman–Crippen MR) is 82.8 cm³/mol. The summed E-state index contributed by atoms with van der Waals surface area (Å²) in [6, 6.07) is 5.99. The molecule has 0 amide bonds. The van der Waals surface area contributed by atoms with E-state index >= 15 is 0 Å². The van der Waals surface area contributed by atoms with E-state index in [1.807, 2.05) is 32.0 Å². The van der Waals surface area contributed by atoms with Crippen LogP contribution in [0.25, 0.3) is 10.9 Å². The van der Waals surface area contributed by atoms with E-state index in [4.69, 9.17) is 9.47 Å². The number of hydrogen-bond donors (Lipinski definition) is 0. The first-order valence-corrected chi connectivity index (χ1v) is 7.28. The average molecular weight is 301 g/mol. The number of hydrogen-bond acceptors (Lipinski definition) is 6. The number of anilines is 1. The maximum Gasteiger partial charge on any atom is 0.336 e. The molecule has 1 aromatic carbocycles. The Kier molecular flexibility index (Phi) is 3.94. The van der Waals surface area contributed by atoms with Gasteiger partial charge in [-0.25, -0.2) is 14.8 Å². The van der Waals surface area contributed by atoms with Crippen molar-refractivity contribution >= 4 is 22.7 Å². The number of nitrogens with zero attached hydrogens (tertiary/aromatic N) is 3. The molecular formula is C16H19N3O3. The zero-order valence-corrected chi connectivity index (χ0v) is 12.9. The molecule has 2 atom stereocenters. The molecule has 3 rings (SSSR count). The van der Waals surface area contributed by atoms with Crippen molar-refractivity contribution in [2.75, 3.05) is 25.1 Å². The lowest BCUT2D eigenvalue weighted by atomic mass is 10.1. The van der Waals surface area contributed by atoms with Crippen molar-refractivity contribution in [2.45, 2.75) is 26.1 Å². The minimum Gasteiger partial charge on any atom is -0.467 e. The van der Waals surface area contributed by atoms with Crippen molar-refractivity contribution in [3.8, 4) is 0 Å². The van der Waals surface area contributed by atoms with Gasteiger partial charge in [0.25, 0.3) is 0 Å². The van der Waals surface area contributed by atoms with Crippen LogP contribution in [0.4, 0.5) is 5.82 Å². The highest BCUT2D eigenvalue weighted by Gasteiger charge is 2.32. The maximum atomic E-state index is 11.8. The van der Waals surface area contributed by atoms with E-state index in [-0.39, 0.29) is 12.1 Å². The quantitative estimate of drug-likeness (QED) is 0.787. The Morgan fingerprint density at radius 3 is 2.95 bits per heavy atom. The van der Waals surface area contributed by atoms with Crippen molar-refractivity contribution in [1.29, 1.82) is 0 Å². The summed E-state index contributed by atoms with van der Waals surface area (Å²) in [5, 5.41) is 1.02. The van der Waals surface area contributed by atoms with Gasteiger partial charge in [0.2, 0.25) is 0 Å². The maximum absolute atomic E-state index is 11.8. The van der Waals surface area contributed by atoms with Gasteiger partial charge in [-0.15, -0.1) is 0 Å². The van der Waals surface area contributed by atoms with Gasteiger partial charge in [-0.2, -0.15) is 0 Å². The fraction of sp³-hybridized carbons (Fsp3) is 0.438. The Hall–Kier alpha value is -2.21. The zero-order valence-electron chi connectivity index (χ0n) is 12.9. The summed E-state index contributed by atoms with van der Waals surface area (Å²) in [6.45, 7) is 5.08. The molecule has 1 fully saturated rings. The van der Waals surface area contributed by atoms with Gasteiger partial charge in [-0.1, -0.05) is 12.1 Å². The number of methoxy groups -OCH3 is 1. The summed E-state index contributed by atoms with van der Waals surface area (Å²) in [5.74, 6) is 0.485. The molecule has 116 valence electrons. The number of aryl methyl sites for hydroxylation is 1. The molecule has 1 aliphatic rings. The Morgan fingerprint density at radius 1 is 1.36 bits per heavy atom. The molecule has 1 aromatic heterocycles. The number of benzene rings is 1. The van der Waals surface area contributed by atoms with Gasteiger partial charge in [0.1, 0.15) is 12.1 Å². The van der Waals surface area contributed by atoms with Gasteiger partial charge in [0.05, 0.1) is 25.3 Å². The van der Waals surface area contributed by atoms with Gasteiger partial charge < -0.3 is 14.4 Å². The van der Waals surface area contributed by atoms with E-state index in [1.54, 1.807) is 6.33 Å². The van der Waals surface area contributed by atoms with Crippen LogP contribution in [0.15, 0.2) is 24.5 Å². The van der Waals surface area contributed by atoms with Crippen LogP contribution in [0.5, 0.6) is 0 Å². The van der Waals surface area contributed by atoms with Crippen LogP contribution >= 0.6 is 0 Å². The molecule has 2 aromatic rings. The molecule has 22 heavy (non-hydrogen) atoms. The van der Waals surface area contributed by atoms with Gasteiger partial charge in [-0.3, -0.25) is 0 Å². The SMILES string of the molecule is COC(=O)C1CN(c2ncnc3cccc(C)c23)C[C@H](C)O1. The summed E-state index contributed by atoms with van der Waals surface area (Å²) < 4.78 is 10.5. The van der Waals surface area contributed by atoms with Crippen LogP contribution in [0.1, 0.15) is 12.5 Å². The second kappa shape index (κ2) is 5.88. The smallest absolute Gasteiger partial charge is 0.336 e. The number of morpholine rings is 1. The molecule has 1 aliphatic heterocycles. The Balaban J connectivity index is 2.01. The summed E-state index contributed by atoms with van der Waals surface area (Å²) in [6.07, 6.45) is 0.888. The minimum atomic E-state index is -0.595. The van der Waals surface area contributed by atoms with Crippen LogP contribution in [0.2, 0.25) is 0 Å². The van der Waals surface area contributed by atoms with Crippen LogP contribution < -0.4 is 4.90 Å². The van der Waals surface area contributed by atoms with E-state index in [1.165, 1.54) is 7.11 Å². The van der Waals surface area contributed by atoms with E-state index in [0.717, 1.165) is 22.3 Å². The number of carbonyl (C=O) groups is 1. The first-order valence-electron chi connectivity index (χ1n) is 7.28. The van der Waals surface area contributed by atoms with Crippen LogP contribution in [-0.2, 0) is 14.3 Å². The lowest BCUT2D eigenvalue weighted by Gasteiger charge is -2.36.